The van der Waals surface area contributed by atoms with E-state index in [2.05, 4.69) is 5.32 Å². The SMILES string of the molecule is COC(=O)c1cccc(NC(=O)C2CC(=O)N(CCc3cccc(OC)c3)C2)c1. The van der Waals surface area contributed by atoms with Gasteiger partial charge in [0.05, 0.1) is 25.7 Å². The number of esters is 1. The van der Waals surface area contributed by atoms with Crippen LogP contribution in [0.25, 0.3) is 0 Å². The van der Waals surface area contributed by atoms with Crippen LogP contribution in [-0.4, -0.2) is 50.0 Å². The monoisotopic (exact) mass is 396 g/mol. The van der Waals surface area contributed by atoms with Gasteiger partial charge in [-0.3, -0.25) is 9.59 Å². The van der Waals surface area contributed by atoms with Gasteiger partial charge in [0.25, 0.3) is 0 Å². The molecule has 1 N–H and O–H groups in total. The van der Waals surface area contributed by atoms with E-state index >= 15 is 0 Å². The molecule has 0 aliphatic carbocycles. The minimum atomic E-state index is -0.471. The molecule has 3 rings (SSSR count). The van der Waals surface area contributed by atoms with E-state index in [4.69, 9.17) is 9.47 Å². The molecule has 2 aromatic rings. The number of anilines is 1. The Morgan fingerprint density at radius 1 is 1.14 bits per heavy atom. The Morgan fingerprint density at radius 3 is 2.69 bits per heavy atom. The van der Waals surface area contributed by atoms with E-state index in [9.17, 15) is 14.4 Å². The van der Waals surface area contributed by atoms with Crippen molar-refractivity contribution in [3.8, 4) is 5.75 Å². The van der Waals surface area contributed by atoms with Crippen LogP contribution in [0.1, 0.15) is 22.3 Å². The fourth-order valence-electron chi connectivity index (χ4n) is 3.34. The second-order valence-corrected chi connectivity index (χ2v) is 6.90. The second kappa shape index (κ2) is 9.23. The van der Waals surface area contributed by atoms with Crippen LogP contribution >= 0.6 is 0 Å². The smallest absolute Gasteiger partial charge is 0.337 e. The average Bonchev–Trinajstić information content (AvgIpc) is 3.12. The van der Waals surface area contributed by atoms with Crippen molar-refractivity contribution in [1.29, 1.82) is 0 Å². The molecule has 2 aromatic carbocycles. The highest BCUT2D eigenvalue weighted by Crippen LogP contribution is 2.22. The van der Waals surface area contributed by atoms with Crippen LogP contribution in [0.15, 0.2) is 48.5 Å². The Hall–Kier alpha value is -3.35. The van der Waals surface area contributed by atoms with Crippen molar-refractivity contribution < 1.29 is 23.9 Å². The molecule has 1 unspecified atom stereocenters. The standard InChI is InChI=1S/C22H24N2O5/c1-28-19-8-3-5-15(11-19)9-10-24-14-17(13-20(24)25)21(26)23-18-7-4-6-16(12-18)22(27)29-2/h3-8,11-12,17H,9-10,13-14H2,1-2H3,(H,23,26). The average molecular weight is 396 g/mol. The third kappa shape index (κ3) is 5.13. The van der Waals surface area contributed by atoms with Gasteiger partial charge in [-0.2, -0.15) is 0 Å². The highest BCUT2D eigenvalue weighted by atomic mass is 16.5. The van der Waals surface area contributed by atoms with Crippen molar-refractivity contribution in [3.05, 3.63) is 59.7 Å². The van der Waals surface area contributed by atoms with Crippen molar-refractivity contribution in [2.24, 2.45) is 5.92 Å². The maximum Gasteiger partial charge on any atom is 0.337 e. The van der Waals surface area contributed by atoms with Crippen molar-refractivity contribution in [1.82, 2.24) is 4.90 Å². The fraction of sp³-hybridized carbons (Fsp3) is 0.318. The molecule has 1 aliphatic heterocycles. The summed E-state index contributed by atoms with van der Waals surface area (Å²) < 4.78 is 9.91. The number of hydrogen-bond acceptors (Lipinski definition) is 5. The molecule has 152 valence electrons. The number of hydrogen-bond donors (Lipinski definition) is 1. The first-order chi connectivity index (χ1) is 14.0. The molecule has 7 heteroatoms. The summed E-state index contributed by atoms with van der Waals surface area (Å²) in [6, 6.07) is 14.3. The van der Waals surface area contributed by atoms with Gasteiger partial charge >= 0.3 is 5.97 Å². The minimum absolute atomic E-state index is 0.0312. The van der Waals surface area contributed by atoms with Gasteiger partial charge in [-0.25, -0.2) is 4.79 Å². The van der Waals surface area contributed by atoms with Gasteiger partial charge in [-0.05, 0) is 42.3 Å². The number of carbonyl (C=O) groups excluding carboxylic acids is 3. The number of benzene rings is 2. The van der Waals surface area contributed by atoms with Crippen LogP contribution in [-0.2, 0) is 20.7 Å². The molecule has 0 spiro atoms. The van der Waals surface area contributed by atoms with E-state index in [1.807, 2.05) is 24.3 Å². The molecule has 1 heterocycles. The molecular formula is C22H24N2O5. The highest BCUT2D eigenvalue weighted by Gasteiger charge is 2.34. The number of likely N-dealkylation sites (tertiary alicyclic amines) is 1. The molecule has 1 aliphatic rings. The Labute approximate surface area is 169 Å². The van der Waals surface area contributed by atoms with E-state index in [0.29, 0.717) is 30.8 Å². The first kappa shape index (κ1) is 20.4. The Kier molecular flexibility index (Phi) is 6.49. The largest absolute Gasteiger partial charge is 0.497 e. The van der Waals surface area contributed by atoms with Gasteiger partial charge < -0.3 is 19.7 Å². The van der Waals surface area contributed by atoms with Crippen LogP contribution in [0.4, 0.5) is 5.69 Å². The van der Waals surface area contributed by atoms with E-state index in [-0.39, 0.29) is 18.2 Å². The van der Waals surface area contributed by atoms with Crippen molar-refractivity contribution in [2.75, 3.05) is 32.6 Å². The summed E-state index contributed by atoms with van der Waals surface area (Å²) in [6.07, 6.45) is 0.874. The highest BCUT2D eigenvalue weighted by molar-refractivity contribution is 5.98. The van der Waals surface area contributed by atoms with E-state index in [0.717, 1.165) is 11.3 Å². The van der Waals surface area contributed by atoms with Crippen molar-refractivity contribution >= 4 is 23.5 Å². The van der Waals surface area contributed by atoms with Crippen LogP contribution in [0.3, 0.4) is 0 Å². The Morgan fingerprint density at radius 2 is 1.93 bits per heavy atom. The lowest BCUT2D eigenvalue weighted by Crippen LogP contribution is -2.30. The number of amides is 2. The zero-order valence-electron chi connectivity index (χ0n) is 16.5. The summed E-state index contributed by atoms with van der Waals surface area (Å²) in [5.74, 6) is -0.377. The van der Waals surface area contributed by atoms with E-state index < -0.39 is 11.9 Å². The maximum atomic E-state index is 12.6. The number of carbonyl (C=O) groups is 3. The lowest BCUT2D eigenvalue weighted by Gasteiger charge is -2.17. The first-order valence-corrected chi connectivity index (χ1v) is 9.40. The molecule has 2 amide bonds. The second-order valence-electron chi connectivity index (χ2n) is 6.90. The number of rotatable bonds is 7. The molecule has 29 heavy (non-hydrogen) atoms. The third-order valence-electron chi connectivity index (χ3n) is 4.94. The summed E-state index contributed by atoms with van der Waals surface area (Å²) in [7, 11) is 2.92. The zero-order chi connectivity index (χ0) is 20.8. The van der Waals surface area contributed by atoms with Crippen LogP contribution in [0.5, 0.6) is 5.75 Å². The number of nitrogens with one attached hydrogen (secondary N) is 1. The number of methoxy groups -OCH3 is 2. The summed E-state index contributed by atoms with van der Waals surface area (Å²) in [4.78, 5) is 38.3. The molecule has 0 saturated carbocycles. The Bertz CT molecular complexity index is 912. The van der Waals surface area contributed by atoms with E-state index in [1.54, 1.807) is 36.3 Å². The zero-order valence-corrected chi connectivity index (χ0v) is 16.5. The lowest BCUT2D eigenvalue weighted by atomic mass is 10.1. The maximum absolute atomic E-state index is 12.6. The van der Waals surface area contributed by atoms with Crippen LogP contribution in [0.2, 0.25) is 0 Å². The predicted molar refractivity (Wildman–Crippen MR) is 108 cm³/mol. The summed E-state index contributed by atoms with van der Waals surface area (Å²) >= 11 is 0. The molecular weight excluding hydrogens is 372 g/mol. The predicted octanol–water partition coefficient (Wildman–Crippen LogP) is 2.51. The third-order valence-corrected chi connectivity index (χ3v) is 4.94. The van der Waals surface area contributed by atoms with Crippen LogP contribution in [0, 0.1) is 5.92 Å². The van der Waals surface area contributed by atoms with E-state index in [1.165, 1.54) is 7.11 Å². The Balaban J connectivity index is 1.56. The molecule has 1 fully saturated rings. The first-order valence-electron chi connectivity index (χ1n) is 9.40. The minimum Gasteiger partial charge on any atom is -0.497 e. The van der Waals surface area contributed by atoms with Crippen molar-refractivity contribution in [2.45, 2.75) is 12.8 Å². The van der Waals surface area contributed by atoms with Gasteiger partial charge in [0, 0.05) is 25.2 Å². The van der Waals surface area contributed by atoms with Gasteiger partial charge in [-0.15, -0.1) is 0 Å². The van der Waals surface area contributed by atoms with Gasteiger partial charge in [0.2, 0.25) is 11.8 Å². The molecule has 1 atom stereocenters. The summed E-state index contributed by atoms with van der Waals surface area (Å²) in [6.45, 7) is 0.929. The van der Waals surface area contributed by atoms with Gasteiger partial charge in [0.1, 0.15) is 5.75 Å². The van der Waals surface area contributed by atoms with Gasteiger partial charge in [-0.1, -0.05) is 18.2 Å². The summed E-state index contributed by atoms with van der Waals surface area (Å²) in [5, 5.41) is 2.79. The lowest BCUT2D eigenvalue weighted by molar-refractivity contribution is -0.128. The van der Waals surface area contributed by atoms with Crippen LogP contribution < -0.4 is 10.1 Å². The summed E-state index contributed by atoms with van der Waals surface area (Å²) in [5.41, 5.74) is 1.93. The molecule has 1 saturated heterocycles. The molecule has 7 nitrogen and oxygen atoms in total. The fourth-order valence-corrected chi connectivity index (χ4v) is 3.34. The molecule has 0 aromatic heterocycles. The number of ether oxygens (including phenoxy) is 2. The molecule has 0 radical (unpaired) electrons. The number of nitrogens with zero attached hydrogens (tertiary/aromatic N) is 1. The molecule has 0 bridgehead atoms. The van der Waals surface area contributed by atoms with Gasteiger partial charge in [0.15, 0.2) is 0 Å². The van der Waals surface area contributed by atoms with Crippen molar-refractivity contribution in [3.63, 3.8) is 0 Å². The quantitative estimate of drug-likeness (QED) is 0.727. The topological polar surface area (TPSA) is 84.9 Å². The normalized spacial score (nSPS) is 15.9.